The minimum atomic E-state index is -0.233. The molecule has 0 radical (unpaired) electrons. The molecule has 0 aromatic carbocycles. The lowest BCUT2D eigenvalue weighted by molar-refractivity contribution is -0.121. The van der Waals surface area contributed by atoms with E-state index in [4.69, 9.17) is 4.74 Å². The van der Waals surface area contributed by atoms with E-state index in [-0.39, 0.29) is 46.7 Å². The molecule has 24 heavy (non-hydrogen) atoms. The second kappa shape index (κ2) is 11.4. The predicted molar refractivity (Wildman–Crippen MR) is 114 cm³/mol. The number of carbonyl (C=O) groups excluding carboxylic acids is 1. The van der Waals surface area contributed by atoms with Crippen LogP contribution in [0.3, 0.4) is 0 Å². The molecule has 0 saturated carbocycles. The average molecular weight is 472 g/mol. The third kappa shape index (κ3) is 9.31. The summed E-state index contributed by atoms with van der Waals surface area (Å²) < 4.78 is 5.65. The fraction of sp³-hybridized carbons (Fsp3) is 0.875. The summed E-state index contributed by atoms with van der Waals surface area (Å²) in [7, 11) is 0. The van der Waals surface area contributed by atoms with Crippen molar-refractivity contribution in [1.82, 2.24) is 16.0 Å². The summed E-state index contributed by atoms with van der Waals surface area (Å²) in [6.07, 6.45) is 4.21. The number of hydrogen-bond donors (Lipinski definition) is 3. The van der Waals surface area contributed by atoms with Gasteiger partial charge in [0.05, 0.1) is 0 Å². The molecular formula is C16H33IN4O2S. The number of ether oxygens (including phenoxy) is 1. The minimum Gasteiger partial charge on any atom is -0.381 e. The van der Waals surface area contributed by atoms with Crippen LogP contribution in [-0.2, 0) is 9.53 Å². The molecule has 1 rings (SSSR count). The number of carbonyl (C=O) groups is 1. The van der Waals surface area contributed by atoms with Gasteiger partial charge < -0.3 is 20.7 Å². The van der Waals surface area contributed by atoms with Crippen LogP contribution in [0.25, 0.3) is 0 Å². The van der Waals surface area contributed by atoms with Gasteiger partial charge in [-0.3, -0.25) is 4.79 Å². The van der Waals surface area contributed by atoms with E-state index in [2.05, 4.69) is 27.2 Å². The Kier molecular flexibility index (Phi) is 11.3. The lowest BCUT2D eigenvalue weighted by Gasteiger charge is -2.36. The molecule has 0 aromatic heterocycles. The van der Waals surface area contributed by atoms with Gasteiger partial charge in [0.15, 0.2) is 5.96 Å². The topological polar surface area (TPSA) is 74.8 Å². The zero-order chi connectivity index (χ0) is 17.3. The highest BCUT2D eigenvalue weighted by Crippen LogP contribution is 2.32. The molecule has 1 fully saturated rings. The fourth-order valence-corrected chi connectivity index (χ4v) is 3.18. The van der Waals surface area contributed by atoms with Gasteiger partial charge in [0.1, 0.15) is 6.54 Å². The molecule has 1 saturated heterocycles. The summed E-state index contributed by atoms with van der Waals surface area (Å²) in [4.78, 5) is 16.3. The summed E-state index contributed by atoms with van der Waals surface area (Å²) in [5, 5.41) is 9.50. The third-order valence-electron chi connectivity index (χ3n) is 3.65. The highest BCUT2D eigenvalue weighted by Gasteiger charge is 2.31. The number of hydrogen-bond acceptors (Lipinski definition) is 4. The van der Waals surface area contributed by atoms with Crippen LogP contribution in [0.5, 0.6) is 0 Å². The maximum Gasteiger partial charge on any atom is 0.242 e. The highest BCUT2D eigenvalue weighted by atomic mass is 127. The van der Waals surface area contributed by atoms with Crippen LogP contribution in [0, 0.1) is 0 Å². The number of amides is 1. The van der Waals surface area contributed by atoms with Gasteiger partial charge in [0.25, 0.3) is 0 Å². The van der Waals surface area contributed by atoms with Crippen molar-refractivity contribution in [2.24, 2.45) is 4.99 Å². The molecular weight excluding hydrogens is 439 g/mol. The van der Waals surface area contributed by atoms with Crippen molar-refractivity contribution in [2.45, 2.75) is 50.8 Å². The van der Waals surface area contributed by atoms with Crippen LogP contribution < -0.4 is 16.0 Å². The maximum absolute atomic E-state index is 11.9. The molecule has 1 heterocycles. The standard InChI is InChI=1S/C16H32N4O2S.HI/c1-6-17-14(18-11-13(21)20-15(2,3)4)19-12-16(23-5)7-9-22-10-8-16;/h6-12H2,1-5H3,(H,20,21)(H2,17,18,19);1H. The van der Waals surface area contributed by atoms with Gasteiger partial charge in [-0.25, -0.2) is 4.99 Å². The van der Waals surface area contributed by atoms with Gasteiger partial charge >= 0.3 is 0 Å². The zero-order valence-corrected chi connectivity index (χ0v) is 18.7. The molecule has 0 atom stereocenters. The van der Waals surface area contributed by atoms with Crippen LogP contribution in [0.1, 0.15) is 40.5 Å². The molecule has 8 heteroatoms. The van der Waals surface area contributed by atoms with Crippen molar-refractivity contribution >= 4 is 47.6 Å². The Bertz CT molecular complexity index is 407. The lowest BCUT2D eigenvalue weighted by atomic mass is 9.99. The van der Waals surface area contributed by atoms with Crippen LogP contribution in [-0.4, -0.2) is 61.3 Å². The van der Waals surface area contributed by atoms with Crippen LogP contribution in [0.2, 0.25) is 0 Å². The van der Waals surface area contributed by atoms with Gasteiger partial charge in [-0.15, -0.1) is 24.0 Å². The van der Waals surface area contributed by atoms with E-state index in [9.17, 15) is 4.79 Å². The fourth-order valence-electron chi connectivity index (χ4n) is 2.39. The summed E-state index contributed by atoms with van der Waals surface area (Å²) >= 11 is 1.88. The van der Waals surface area contributed by atoms with E-state index in [0.717, 1.165) is 39.1 Å². The average Bonchev–Trinajstić information content (AvgIpc) is 2.49. The number of rotatable bonds is 6. The van der Waals surface area contributed by atoms with Crippen LogP contribution >= 0.6 is 35.7 Å². The smallest absolute Gasteiger partial charge is 0.242 e. The second-order valence-electron chi connectivity index (χ2n) is 6.85. The normalized spacial score (nSPS) is 17.6. The van der Waals surface area contributed by atoms with Gasteiger partial charge in [-0.2, -0.15) is 11.8 Å². The zero-order valence-electron chi connectivity index (χ0n) is 15.5. The first-order valence-corrected chi connectivity index (χ1v) is 9.49. The van der Waals surface area contributed by atoms with Crippen molar-refractivity contribution in [2.75, 3.05) is 39.1 Å². The molecule has 0 aliphatic carbocycles. The Morgan fingerprint density at radius 1 is 1.25 bits per heavy atom. The molecule has 3 N–H and O–H groups in total. The van der Waals surface area contributed by atoms with Crippen LogP contribution in [0.15, 0.2) is 4.99 Å². The molecule has 6 nitrogen and oxygen atoms in total. The summed E-state index contributed by atoms with van der Waals surface area (Å²) in [6.45, 7) is 11.2. The molecule has 142 valence electrons. The predicted octanol–water partition coefficient (Wildman–Crippen LogP) is 1.99. The Morgan fingerprint density at radius 2 is 1.88 bits per heavy atom. The molecule has 0 unspecified atom stereocenters. The highest BCUT2D eigenvalue weighted by molar-refractivity contribution is 14.0. The number of nitrogens with zero attached hydrogens (tertiary/aromatic N) is 1. The van der Waals surface area contributed by atoms with E-state index in [1.165, 1.54) is 0 Å². The van der Waals surface area contributed by atoms with E-state index in [0.29, 0.717) is 5.96 Å². The molecule has 0 aromatic rings. The van der Waals surface area contributed by atoms with Gasteiger partial charge in [-0.05, 0) is 46.8 Å². The molecule has 1 aliphatic heterocycles. The summed E-state index contributed by atoms with van der Waals surface area (Å²) in [5.74, 6) is 0.622. The van der Waals surface area contributed by atoms with Gasteiger partial charge in [0, 0.05) is 36.6 Å². The largest absolute Gasteiger partial charge is 0.381 e. The Hall–Kier alpha value is -0.220. The first kappa shape index (κ1) is 23.8. The summed E-state index contributed by atoms with van der Waals surface area (Å²) in [5.41, 5.74) is -0.233. The van der Waals surface area contributed by atoms with E-state index in [1.54, 1.807) is 0 Å². The quantitative estimate of drug-likeness (QED) is 0.313. The van der Waals surface area contributed by atoms with E-state index in [1.807, 2.05) is 39.5 Å². The number of nitrogens with one attached hydrogen (secondary N) is 3. The number of thioether (sulfide) groups is 1. The van der Waals surface area contributed by atoms with Crippen molar-refractivity contribution in [3.63, 3.8) is 0 Å². The van der Waals surface area contributed by atoms with Crippen molar-refractivity contribution in [1.29, 1.82) is 0 Å². The lowest BCUT2D eigenvalue weighted by Crippen LogP contribution is -2.48. The monoisotopic (exact) mass is 472 g/mol. The van der Waals surface area contributed by atoms with Crippen molar-refractivity contribution < 1.29 is 9.53 Å². The number of aliphatic imine (C=N–C) groups is 1. The first-order valence-electron chi connectivity index (χ1n) is 8.26. The summed E-state index contributed by atoms with van der Waals surface area (Å²) in [6, 6.07) is 0. The van der Waals surface area contributed by atoms with Crippen LogP contribution in [0.4, 0.5) is 0 Å². The van der Waals surface area contributed by atoms with Crippen molar-refractivity contribution in [3.8, 4) is 0 Å². The number of guanidine groups is 1. The number of halogens is 1. The second-order valence-corrected chi connectivity index (χ2v) is 8.12. The van der Waals surface area contributed by atoms with E-state index >= 15 is 0 Å². The third-order valence-corrected chi connectivity index (χ3v) is 5.07. The van der Waals surface area contributed by atoms with E-state index < -0.39 is 0 Å². The first-order chi connectivity index (χ1) is 10.8. The SMILES string of the molecule is CCNC(=NCC(=O)NC(C)(C)C)NCC1(SC)CCOCC1.I. The Morgan fingerprint density at radius 3 is 2.38 bits per heavy atom. The van der Waals surface area contributed by atoms with Crippen molar-refractivity contribution in [3.05, 3.63) is 0 Å². The van der Waals surface area contributed by atoms with Gasteiger partial charge in [-0.1, -0.05) is 0 Å². The molecule has 1 amide bonds. The van der Waals surface area contributed by atoms with Gasteiger partial charge in [0.2, 0.25) is 5.91 Å². The molecule has 1 aliphatic rings. The minimum absolute atomic E-state index is 0. The maximum atomic E-state index is 11.9. The Labute approximate surface area is 167 Å². The Balaban J connectivity index is 0.00000529. The molecule has 0 bridgehead atoms. The molecule has 0 spiro atoms.